The van der Waals surface area contributed by atoms with E-state index in [1.165, 1.54) is 10.4 Å². The second-order valence-corrected chi connectivity index (χ2v) is 6.40. The van der Waals surface area contributed by atoms with Crippen LogP contribution in [0, 0.1) is 19.8 Å². The van der Waals surface area contributed by atoms with E-state index in [0.29, 0.717) is 11.7 Å². The molecule has 0 amide bonds. The second-order valence-electron chi connectivity index (χ2n) is 6.40. The summed E-state index contributed by atoms with van der Waals surface area (Å²) in [6.07, 6.45) is 2.10. The number of carbonyl (C=O) groups is 1. The number of carboxylic acid groups (broad SMARTS) is 1. The molecule has 0 aliphatic carbocycles. The smallest absolute Gasteiger partial charge is 0.360 e. The fraction of sp³-hybridized carbons (Fsp3) is 0.471. The van der Waals surface area contributed by atoms with Crippen LogP contribution in [-0.2, 0) is 0 Å². The Balaban J connectivity index is 1.98. The number of rotatable bonds is 3. The molecular formula is C17H22N4O2. The highest BCUT2D eigenvalue weighted by molar-refractivity contribution is 5.91. The van der Waals surface area contributed by atoms with Gasteiger partial charge in [0.05, 0.1) is 5.69 Å². The van der Waals surface area contributed by atoms with Crippen molar-refractivity contribution in [2.24, 2.45) is 5.92 Å². The Kier molecular flexibility index (Phi) is 4.07. The summed E-state index contributed by atoms with van der Waals surface area (Å²) in [5.74, 6) is 0.116. The predicted molar refractivity (Wildman–Crippen MR) is 88.4 cm³/mol. The highest BCUT2D eigenvalue weighted by atomic mass is 16.4. The van der Waals surface area contributed by atoms with Gasteiger partial charge in [-0.15, -0.1) is 15.0 Å². The Hall–Kier alpha value is -2.37. The molecule has 0 spiro atoms. The zero-order chi connectivity index (χ0) is 16.6. The molecule has 1 aromatic heterocycles. The maximum absolute atomic E-state index is 11.6. The van der Waals surface area contributed by atoms with Crippen molar-refractivity contribution >= 4 is 11.8 Å². The van der Waals surface area contributed by atoms with Crippen LogP contribution in [0.25, 0.3) is 5.69 Å². The van der Waals surface area contributed by atoms with Gasteiger partial charge in [0.1, 0.15) is 0 Å². The van der Waals surface area contributed by atoms with Gasteiger partial charge < -0.3 is 10.0 Å². The minimum absolute atomic E-state index is 0.0257. The van der Waals surface area contributed by atoms with Gasteiger partial charge in [-0.25, -0.2) is 4.79 Å². The summed E-state index contributed by atoms with van der Waals surface area (Å²) in [5, 5.41) is 18.1. The van der Waals surface area contributed by atoms with Crippen molar-refractivity contribution in [2.45, 2.75) is 33.6 Å². The number of anilines is 1. The molecule has 1 N–H and O–H groups in total. The molecule has 122 valence electrons. The van der Waals surface area contributed by atoms with Gasteiger partial charge in [-0.05, 0) is 55.9 Å². The number of aryl methyl sites for hydroxylation is 2. The quantitative estimate of drug-likeness (QED) is 0.943. The van der Waals surface area contributed by atoms with Gasteiger partial charge in [-0.3, -0.25) is 0 Å². The van der Waals surface area contributed by atoms with E-state index in [9.17, 15) is 9.90 Å². The largest absolute Gasteiger partial charge is 0.476 e. The third kappa shape index (κ3) is 3.06. The molecule has 1 aliphatic heterocycles. The van der Waals surface area contributed by atoms with Crippen molar-refractivity contribution in [3.8, 4) is 5.69 Å². The minimum atomic E-state index is -1.03. The monoisotopic (exact) mass is 314 g/mol. The Labute approximate surface area is 135 Å². The van der Waals surface area contributed by atoms with E-state index in [-0.39, 0.29) is 5.69 Å². The Morgan fingerprint density at radius 2 is 1.87 bits per heavy atom. The standard InChI is InChI=1S/C17H22N4O2/c1-11-6-8-20(9-7-11)16-15(17(22)23)18-21(19-16)14-5-4-12(2)13(3)10-14/h4-5,10-11H,6-9H2,1-3H3,(H,22,23). The number of carboxylic acids is 1. The molecule has 1 saturated heterocycles. The minimum Gasteiger partial charge on any atom is -0.476 e. The van der Waals surface area contributed by atoms with Gasteiger partial charge in [-0.1, -0.05) is 13.0 Å². The highest BCUT2D eigenvalue weighted by Gasteiger charge is 2.26. The molecule has 1 fully saturated rings. The van der Waals surface area contributed by atoms with Crippen LogP contribution in [0.1, 0.15) is 41.4 Å². The van der Waals surface area contributed by atoms with Gasteiger partial charge in [-0.2, -0.15) is 0 Å². The van der Waals surface area contributed by atoms with Crippen molar-refractivity contribution < 1.29 is 9.90 Å². The van der Waals surface area contributed by atoms with E-state index >= 15 is 0 Å². The molecule has 1 aliphatic rings. The molecule has 2 aromatic rings. The van der Waals surface area contributed by atoms with E-state index in [0.717, 1.165) is 37.2 Å². The van der Waals surface area contributed by atoms with Crippen molar-refractivity contribution in [1.82, 2.24) is 15.0 Å². The summed E-state index contributed by atoms with van der Waals surface area (Å²) in [6, 6.07) is 5.88. The third-order valence-corrected chi connectivity index (χ3v) is 4.60. The number of nitrogens with zero attached hydrogens (tertiary/aromatic N) is 4. The second kappa shape index (κ2) is 6.02. The average Bonchev–Trinajstić information content (AvgIpc) is 2.96. The number of aromatic nitrogens is 3. The molecule has 2 heterocycles. The fourth-order valence-electron chi connectivity index (χ4n) is 2.84. The van der Waals surface area contributed by atoms with Crippen LogP contribution in [0.4, 0.5) is 5.82 Å². The lowest BCUT2D eigenvalue weighted by molar-refractivity contribution is 0.0690. The normalized spacial score (nSPS) is 15.9. The summed E-state index contributed by atoms with van der Waals surface area (Å²) in [7, 11) is 0. The SMILES string of the molecule is Cc1ccc(-n2nc(C(=O)O)c(N3CCC(C)CC3)n2)cc1C. The Morgan fingerprint density at radius 1 is 1.17 bits per heavy atom. The molecule has 0 bridgehead atoms. The molecular weight excluding hydrogens is 292 g/mol. The molecule has 0 radical (unpaired) electrons. The van der Waals surface area contributed by atoms with Crippen LogP contribution in [0.15, 0.2) is 18.2 Å². The summed E-state index contributed by atoms with van der Waals surface area (Å²) < 4.78 is 0. The summed E-state index contributed by atoms with van der Waals surface area (Å²) in [6.45, 7) is 7.94. The summed E-state index contributed by atoms with van der Waals surface area (Å²) >= 11 is 0. The van der Waals surface area contributed by atoms with Crippen LogP contribution in [0.3, 0.4) is 0 Å². The van der Waals surface area contributed by atoms with E-state index in [4.69, 9.17) is 0 Å². The first-order valence-corrected chi connectivity index (χ1v) is 7.99. The molecule has 3 rings (SSSR count). The van der Waals surface area contributed by atoms with E-state index in [1.54, 1.807) is 0 Å². The van der Waals surface area contributed by atoms with Crippen molar-refractivity contribution in [2.75, 3.05) is 18.0 Å². The molecule has 0 saturated carbocycles. The number of aromatic carboxylic acids is 1. The lowest BCUT2D eigenvalue weighted by atomic mass is 9.99. The topological polar surface area (TPSA) is 71.2 Å². The van der Waals surface area contributed by atoms with Crippen molar-refractivity contribution in [1.29, 1.82) is 0 Å². The van der Waals surface area contributed by atoms with Gasteiger partial charge in [0.2, 0.25) is 5.69 Å². The average molecular weight is 314 g/mol. The van der Waals surface area contributed by atoms with Gasteiger partial charge in [0, 0.05) is 13.1 Å². The number of hydrogen-bond donors (Lipinski definition) is 1. The van der Waals surface area contributed by atoms with E-state index in [2.05, 4.69) is 17.1 Å². The summed E-state index contributed by atoms with van der Waals surface area (Å²) in [4.78, 5) is 15.0. The molecule has 23 heavy (non-hydrogen) atoms. The van der Waals surface area contributed by atoms with Crippen LogP contribution in [0.5, 0.6) is 0 Å². The van der Waals surface area contributed by atoms with E-state index in [1.807, 2.05) is 36.9 Å². The van der Waals surface area contributed by atoms with Crippen LogP contribution in [0.2, 0.25) is 0 Å². The van der Waals surface area contributed by atoms with E-state index < -0.39 is 5.97 Å². The highest BCUT2D eigenvalue weighted by Crippen LogP contribution is 2.25. The molecule has 1 aromatic carbocycles. The number of piperidine rings is 1. The van der Waals surface area contributed by atoms with Crippen LogP contribution < -0.4 is 4.90 Å². The maximum Gasteiger partial charge on any atom is 0.360 e. The lowest BCUT2D eigenvalue weighted by Crippen LogP contribution is -2.34. The fourth-order valence-corrected chi connectivity index (χ4v) is 2.84. The molecule has 0 atom stereocenters. The first-order valence-electron chi connectivity index (χ1n) is 7.99. The number of hydrogen-bond acceptors (Lipinski definition) is 4. The van der Waals surface area contributed by atoms with Crippen LogP contribution in [-0.4, -0.2) is 39.2 Å². The van der Waals surface area contributed by atoms with Gasteiger partial charge in [0.15, 0.2) is 5.82 Å². The predicted octanol–water partition coefficient (Wildman–Crippen LogP) is 2.82. The molecule has 0 unspecified atom stereocenters. The molecule has 6 nitrogen and oxygen atoms in total. The molecule has 6 heteroatoms. The van der Waals surface area contributed by atoms with Gasteiger partial charge in [0.25, 0.3) is 0 Å². The number of benzene rings is 1. The lowest BCUT2D eigenvalue weighted by Gasteiger charge is -2.30. The first kappa shape index (κ1) is 15.5. The zero-order valence-corrected chi connectivity index (χ0v) is 13.8. The third-order valence-electron chi connectivity index (χ3n) is 4.60. The Bertz CT molecular complexity index is 730. The maximum atomic E-state index is 11.6. The van der Waals surface area contributed by atoms with Crippen molar-refractivity contribution in [3.05, 3.63) is 35.0 Å². The van der Waals surface area contributed by atoms with Crippen LogP contribution >= 0.6 is 0 Å². The summed E-state index contributed by atoms with van der Waals surface area (Å²) in [5.41, 5.74) is 3.12. The van der Waals surface area contributed by atoms with Crippen molar-refractivity contribution in [3.63, 3.8) is 0 Å². The first-order chi connectivity index (χ1) is 11.0. The van der Waals surface area contributed by atoms with Gasteiger partial charge >= 0.3 is 5.97 Å². The zero-order valence-electron chi connectivity index (χ0n) is 13.8. The Morgan fingerprint density at radius 3 is 2.48 bits per heavy atom.